The van der Waals surface area contributed by atoms with Gasteiger partial charge in [0.15, 0.2) is 6.10 Å². The Labute approximate surface area is 124 Å². The van der Waals surface area contributed by atoms with Crippen LogP contribution in [0.4, 0.5) is 0 Å². The quantitative estimate of drug-likeness (QED) is 0.857. The van der Waals surface area contributed by atoms with Gasteiger partial charge in [-0.2, -0.15) is 0 Å². The number of benzene rings is 2. The Hall–Kier alpha value is -2.33. The molecule has 1 amide bonds. The Kier molecular flexibility index (Phi) is 5.35. The summed E-state index contributed by atoms with van der Waals surface area (Å²) in [5, 5.41) is 12.5. The van der Waals surface area contributed by atoms with Gasteiger partial charge in [-0.3, -0.25) is 4.79 Å². The number of hydrogen-bond acceptors (Lipinski definition) is 3. The summed E-state index contributed by atoms with van der Waals surface area (Å²) >= 11 is 0. The van der Waals surface area contributed by atoms with E-state index >= 15 is 0 Å². The molecule has 0 aromatic heterocycles. The smallest absolute Gasteiger partial charge is 0.253 e. The second-order valence-electron chi connectivity index (χ2n) is 4.64. The first-order chi connectivity index (χ1) is 10.2. The lowest BCUT2D eigenvalue weighted by atomic mass is 10.1. The molecule has 2 N–H and O–H groups in total. The lowest BCUT2D eigenvalue weighted by Crippen LogP contribution is -2.28. The Morgan fingerprint density at radius 3 is 2.43 bits per heavy atom. The van der Waals surface area contributed by atoms with Crippen molar-refractivity contribution in [2.24, 2.45) is 0 Å². The van der Waals surface area contributed by atoms with Crippen LogP contribution in [0.15, 0.2) is 54.6 Å². The van der Waals surface area contributed by atoms with E-state index in [1.165, 1.54) is 0 Å². The molecule has 0 aliphatic heterocycles. The molecule has 0 saturated carbocycles. The van der Waals surface area contributed by atoms with Crippen LogP contribution in [0.1, 0.15) is 24.2 Å². The first-order valence-electron chi connectivity index (χ1n) is 6.93. The van der Waals surface area contributed by atoms with Gasteiger partial charge < -0.3 is 15.2 Å². The van der Waals surface area contributed by atoms with Gasteiger partial charge in [-0.25, -0.2) is 0 Å². The number of aliphatic hydroxyl groups excluding tert-OH is 1. The van der Waals surface area contributed by atoms with Crippen LogP contribution in [-0.4, -0.2) is 17.6 Å². The van der Waals surface area contributed by atoms with Gasteiger partial charge in [-0.1, -0.05) is 42.5 Å². The zero-order valence-electron chi connectivity index (χ0n) is 12.0. The number of carbonyl (C=O) groups excluding carboxylic acids is 1. The van der Waals surface area contributed by atoms with E-state index in [1.807, 2.05) is 37.3 Å². The average molecular weight is 285 g/mol. The van der Waals surface area contributed by atoms with Crippen LogP contribution in [0.2, 0.25) is 0 Å². The maximum atomic E-state index is 11.5. The predicted molar refractivity (Wildman–Crippen MR) is 80.9 cm³/mol. The number of hydrogen-bond donors (Lipinski definition) is 2. The highest BCUT2D eigenvalue weighted by Gasteiger charge is 2.16. The summed E-state index contributed by atoms with van der Waals surface area (Å²) in [6.45, 7) is 2.79. The van der Waals surface area contributed by atoms with Crippen molar-refractivity contribution in [2.75, 3.05) is 6.54 Å². The van der Waals surface area contributed by atoms with Crippen molar-refractivity contribution < 1.29 is 14.6 Å². The molecule has 0 bridgehead atoms. The predicted octanol–water partition coefficient (Wildman–Crippen LogP) is 2.44. The van der Waals surface area contributed by atoms with Crippen LogP contribution in [0.5, 0.6) is 5.75 Å². The fourth-order valence-corrected chi connectivity index (χ4v) is 1.91. The lowest BCUT2D eigenvalue weighted by molar-refractivity contribution is -0.129. The van der Waals surface area contributed by atoms with Gasteiger partial charge >= 0.3 is 0 Å². The van der Waals surface area contributed by atoms with Crippen LogP contribution >= 0.6 is 0 Å². The van der Waals surface area contributed by atoms with Crippen molar-refractivity contribution in [1.82, 2.24) is 5.32 Å². The van der Waals surface area contributed by atoms with Gasteiger partial charge in [0.25, 0.3) is 5.91 Å². The summed E-state index contributed by atoms with van der Waals surface area (Å²) < 4.78 is 5.65. The topological polar surface area (TPSA) is 58.6 Å². The molecular formula is C17H19NO3. The summed E-state index contributed by atoms with van der Waals surface area (Å²) in [7, 11) is 0. The van der Waals surface area contributed by atoms with E-state index in [2.05, 4.69) is 5.32 Å². The molecule has 1 atom stereocenters. The largest absolute Gasteiger partial charge is 0.489 e. The van der Waals surface area contributed by atoms with Crippen LogP contribution in [0.25, 0.3) is 0 Å². The van der Waals surface area contributed by atoms with Gasteiger partial charge in [0.2, 0.25) is 0 Å². The first-order valence-corrected chi connectivity index (χ1v) is 6.93. The van der Waals surface area contributed by atoms with Crippen molar-refractivity contribution in [2.45, 2.75) is 19.6 Å². The highest BCUT2D eigenvalue weighted by molar-refractivity contribution is 5.81. The molecular weight excluding hydrogens is 266 g/mol. The standard InChI is InChI=1S/C17H19NO3/c1-2-18-17(20)16(19)14-8-10-15(11-9-14)21-12-13-6-4-3-5-7-13/h3-11,16,19H,2,12H2,1H3,(H,18,20). The summed E-state index contributed by atoms with van der Waals surface area (Å²) in [5.41, 5.74) is 1.64. The van der Waals surface area contributed by atoms with Gasteiger partial charge in [0.1, 0.15) is 12.4 Å². The minimum absolute atomic E-state index is 0.393. The second kappa shape index (κ2) is 7.45. The highest BCUT2D eigenvalue weighted by atomic mass is 16.5. The third-order valence-electron chi connectivity index (χ3n) is 3.04. The lowest BCUT2D eigenvalue weighted by Gasteiger charge is -2.11. The molecule has 0 fully saturated rings. The van der Waals surface area contributed by atoms with Crippen LogP contribution in [0.3, 0.4) is 0 Å². The van der Waals surface area contributed by atoms with E-state index in [4.69, 9.17) is 4.74 Å². The van der Waals surface area contributed by atoms with E-state index < -0.39 is 12.0 Å². The highest BCUT2D eigenvalue weighted by Crippen LogP contribution is 2.19. The number of ether oxygens (including phenoxy) is 1. The number of carbonyl (C=O) groups is 1. The van der Waals surface area contributed by atoms with E-state index in [0.29, 0.717) is 24.5 Å². The molecule has 0 aliphatic rings. The monoisotopic (exact) mass is 285 g/mol. The molecule has 0 spiro atoms. The zero-order valence-corrected chi connectivity index (χ0v) is 12.0. The van der Waals surface area contributed by atoms with E-state index in [0.717, 1.165) is 5.56 Å². The minimum Gasteiger partial charge on any atom is -0.489 e. The zero-order chi connectivity index (χ0) is 15.1. The van der Waals surface area contributed by atoms with Gasteiger partial charge in [-0.15, -0.1) is 0 Å². The molecule has 4 nitrogen and oxygen atoms in total. The maximum absolute atomic E-state index is 11.5. The molecule has 0 radical (unpaired) electrons. The fraction of sp³-hybridized carbons (Fsp3) is 0.235. The molecule has 21 heavy (non-hydrogen) atoms. The van der Waals surface area contributed by atoms with Crippen molar-refractivity contribution >= 4 is 5.91 Å². The molecule has 1 unspecified atom stereocenters. The van der Waals surface area contributed by atoms with Crippen LogP contribution in [0, 0.1) is 0 Å². The molecule has 2 aromatic carbocycles. The number of nitrogens with one attached hydrogen (secondary N) is 1. The van der Waals surface area contributed by atoms with Crippen LogP contribution in [-0.2, 0) is 11.4 Å². The summed E-state index contributed by atoms with van der Waals surface area (Å²) in [6, 6.07) is 16.8. The summed E-state index contributed by atoms with van der Waals surface area (Å²) in [6.07, 6.45) is -1.15. The fourth-order valence-electron chi connectivity index (χ4n) is 1.91. The molecule has 110 valence electrons. The number of amides is 1. The minimum atomic E-state index is -1.15. The van der Waals surface area contributed by atoms with E-state index in [-0.39, 0.29) is 0 Å². The summed E-state index contributed by atoms with van der Waals surface area (Å²) in [4.78, 5) is 11.5. The van der Waals surface area contributed by atoms with Crippen molar-refractivity contribution in [3.8, 4) is 5.75 Å². The average Bonchev–Trinajstić information content (AvgIpc) is 2.54. The Balaban J connectivity index is 1.94. The molecule has 4 heteroatoms. The normalized spacial score (nSPS) is 11.7. The Morgan fingerprint density at radius 2 is 1.81 bits per heavy atom. The maximum Gasteiger partial charge on any atom is 0.253 e. The Morgan fingerprint density at radius 1 is 1.14 bits per heavy atom. The molecule has 0 aliphatic carbocycles. The first kappa shape index (κ1) is 15.1. The number of rotatable bonds is 6. The third kappa shape index (κ3) is 4.33. The van der Waals surface area contributed by atoms with Crippen molar-refractivity contribution in [1.29, 1.82) is 0 Å². The molecule has 0 saturated heterocycles. The number of aliphatic hydroxyl groups is 1. The SMILES string of the molecule is CCNC(=O)C(O)c1ccc(OCc2ccccc2)cc1. The molecule has 2 rings (SSSR count). The van der Waals surface area contributed by atoms with Crippen molar-refractivity contribution in [3.05, 3.63) is 65.7 Å². The summed E-state index contributed by atoms with van der Waals surface area (Å²) in [5.74, 6) is 0.307. The molecule has 0 heterocycles. The third-order valence-corrected chi connectivity index (χ3v) is 3.04. The van der Waals surface area contributed by atoms with Gasteiger partial charge in [-0.05, 0) is 30.2 Å². The van der Waals surface area contributed by atoms with E-state index in [1.54, 1.807) is 24.3 Å². The van der Waals surface area contributed by atoms with E-state index in [9.17, 15) is 9.90 Å². The van der Waals surface area contributed by atoms with Crippen LogP contribution < -0.4 is 10.1 Å². The second-order valence-corrected chi connectivity index (χ2v) is 4.64. The van der Waals surface area contributed by atoms with Crippen molar-refractivity contribution in [3.63, 3.8) is 0 Å². The molecule has 2 aromatic rings. The Bertz CT molecular complexity index is 566. The van der Waals surface area contributed by atoms with Gasteiger partial charge in [0.05, 0.1) is 0 Å². The number of likely N-dealkylation sites (N-methyl/N-ethyl adjacent to an activating group) is 1. The van der Waals surface area contributed by atoms with Gasteiger partial charge in [0, 0.05) is 6.54 Å².